The maximum Gasteiger partial charge on any atom is 0.164 e. The quantitative estimate of drug-likeness (QED) is 0.230. The van der Waals surface area contributed by atoms with Gasteiger partial charge in [-0.05, 0) is 28.5 Å². The van der Waals surface area contributed by atoms with Crippen molar-refractivity contribution in [2.24, 2.45) is 0 Å². The summed E-state index contributed by atoms with van der Waals surface area (Å²) in [5.41, 5.74) is 6.62. The van der Waals surface area contributed by atoms with Crippen LogP contribution < -0.4 is 0 Å². The van der Waals surface area contributed by atoms with Crippen molar-refractivity contribution >= 4 is 32.7 Å². The molecule has 8 aromatic rings. The third-order valence-corrected chi connectivity index (χ3v) is 7.52. The summed E-state index contributed by atoms with van der Waals surface area (Å²) in [6, 6.07) is 47.5. The van der Waals surface area contributed by atoms with Crippen molar-refractivity contribution in [2.45, 2.75) is 0 Å². The van der Waals surface area contributed by atoms with E-state index in [4.69, 9.17) is 19.4 Å². The zero-order chi connectivity index (χ0) is 27.2. The van der Waals surface area contributed by atoms with Gasteiger partial charge < -0.3 is 4.42 Å². The molecule has 192 valence electrons. The van der Waals surface area contributed by atoms with Gasteiger partial charge in [0.2, 0.25) is 0 Å². The Morgan fingerprint density at radius 1 is 0.415 bits per heavy atom. The Morgan fingerprint density at radius 3 is 1.85 bits per heavy atom. The lowest BCUT2D eigenvalue weighted by Gasteiger charge is -2.10. The summed E-state index contributed by atoms with van der Waals surface area (Å²) >= 11 is 0. The predicted molar refractivity (Wildman–Crippen MR) is 166 cm³/mol. The molecule has 0 radical (unpaired) electrons. The number of hydrogen-bond acceptors (Lipinski definition) is 4. The third-order valence-electron chi connectivity index (χ3n) is 7.52. The van der Waals surface area contributed by atoms with Crippen molar-refractivity contribution in [1.29, 1.82) is 0 Å². The number of para-hydroxylation sites is 1. The minimum atomic E-state index is 0.612. The second-order valence-electron chi connectivity index (χ2n) is 10.1. The summed E-state index contributed by atoms with van der Waals surface area (Å²) in [7, 11) is 0. The zero-order valence-corrected chi connectivity index (χ0v) is 22.0. The Bertz CT molecular complexity index is 2200. The van der Waals surface area contributed by atoms with Crippen LogP contribution in [0.5, 0.6) is 0 Å². The van der Waals surface area contributed by atoms with Gasteiger partial charge in [-0.2, -0.15) is 0 Å². The van der Waals surface area contributed by atoms with Crippen LogP contribution in [-0.4, -0.2) is 15.0 Å². The van der Waals surface area contributed by atoms with Gasteiger partial charge in [0.1, 0.15) is 11.2 Å². The summed E-state index contributed by atoms with van der Waals surface area (Å²) < 4.78 is 6.51. The second kappa shape index (κ2) is 9.54. The van der Waals surface area contributed by atoms with E-state index in [0.717, 1.165) is 55.1 Å². The van der Waals surface area contributed by atoms with Crippen molar-refractivity contribution in [2.75, 3.05) is 0 Å². The molecule has 2 aromatic heterocycles. The largest absolute Gasteiger partial charge is 0.455 e. The van der Waals surface area contributed by atoms with Crippen LogP contribution >= 0.6 is 0 Å². The Kier molecular flexibility index (Phi) is 5.42. The van der Waals surface area contributed by atoms with Crippen LogP contribution in [0.2, 0.25) is 0 Å². The molecule has 0 spiro atoms. The Hall–Kier alpha value is -5.61. The molecule has 0 aliphatic carbocycles. The Balaban J connectivity index is 1.38. The molecule has 6 aromatic carbocycles. The lowest BCUT2D eigenvalue weighted by Crippen LogP contribution is -2.00. The van der Waals surface area contributed by atoms with Gasteiger partial charge in [0, 0.05) is 33.0 Å². The van der Waals surface area contributed by atoms with Crippen molar-refractivity contribution in [3.8, 4) is 45.3 Å². The van der Waals surface area contributed by atoms with Crippen molar-refractivity contribution in [3.05, 3.63) is 140 Å². The molecule has 0 amide bonds. The van der Waals surface area contributed by atoms with E-state index in [1.54, 1.807) is 0 Å². The van der Waals surface area contributed by atoms with Crippen LogP contribution in [0.4, 0.5) is 0 Å². The van der Waals surface area contributed by atoms with E-state index in [0.29, 0.717) is 17.5 Å². The lowest BCUT2D eigenvalue weighted by atomic mass is 10.0. The average molecular weight is 526 g/mol. The fourth-order valence-electron chi connectivity index (χ4n) is 5.55. The van der Waals surface area contributed by atoms with Gasteiger partial charge in [-0.1, -0.05) is 127 Å². The van der Waals surface area contributed by atoms with Gasteiger partial charge in [-0.15, -0.1) is 0 Å². The topological polar surface area (TPSA) is 51.8 Å². The second-order valence-corrected chi connectivity index (χ2v) is 10.1. The minimum Gasteiger partial charge on any atom is -0.455 e. The van der Waals surface area contributed by atoms with E-state index in [2.05, 4.69) is 78.9 Å². The molecule has 4 heteroatoms. The van der Waals surface area contributed by atoms with Crippen molar-refractivity contribution in [1.82, 2.24) is 15.0 Å². The van der Waals surface area contributed by atoms with Gasteiger partial charge in [0.05, 0.1) is 0 Å². The highest BCUT2D eigenvalue weighted by molar-refractivity contribution is 6.15. The molecule has 2 heterocycles. The average Bonchev–Trinajstić information content (AvgIpc) is 3.44. The summed E-state index contributed by atoms with van der Waals surface area (Å²) in [6.07, 6.45) is 0. The first-order valence-corrected chi connectivity index (χ1v) is 13.6. The first kappa shape index (κ1) is 23.3. The molecule has 41 heavy (non-hydrogen) atoms. The molecule has 0 aliphatic heterocycles. The van der Waals surface area contributed by atoms with E-state index in [-0.39, 0.29) is 0 Å². The number of furan rings is 1. The molecule has 0 N–H and O–H groups in total. The summed E-state index contributed by atoms with van der Waals surface area (Å²) in [5.74, 6) is 1.88. The summed E-state index contributed by atoms with van der Waals surface area (Å²) in [4.78, 5) is 15.0. The molecule has 0 fully saturated rings. The molecule has 0 bridgehead atoms. The van der Waals surface area contributed by atoms with E-state index < -0.39 is 0 Å². The Morgan fingerprint density at radius 2 is 1.05 bits per heavy atom. The van der Waals surface area contributed by atoms with Crippen molar-refractivity contribution < 1.29 is 4.42 Å². The monoisotopic (exact) mass is 525 g/mol. The van der Waals surface area contributed by atoms with Crippen molar-refractivity contribution in [3.63, 3.8) is 0 Å². The highest BCUT2D eigenvalue weighted by atomic mass is 16.3. The standard InChI is InChI=1S/C37H23N3O/c1-3-12-25(13-4-1)29-17-9-18-30-33-31(19-10-20-32(33)41-34(29)30)37-39-35(26-14-5-2-6-15-26)38-36(40-37)28-22-21-24-11-7-8-16-27(24)23-28/h1-23H. The highest BCUT2D eigenvalue weighted by Gasteiger charge is 2.19. The van der Waals surface area contributed by atoms with Gasteiger partial charge in [0.25, 0.3) is 0 Å². The highest BCUT2D eigenvalue weighted by Crippen LogP contribution is 2.40. The maximum absolute atomic E-state index is 6.51. The van der Waals surface area contributed by atoms with Gasteiger partial charge >= 0.3 is 0 Å². The molecular formula is C37H23N3O. The smallest absolute Gasteiger partial charge is 0.164 e. The lowest BCUT2D eigenvalue weighted by molar-refractivity contribution is 0.670. The maximum atomic E-state index is 6.51. The van der Waals surface area contributed by atoms with Gasteiger partial charge in [-0.3, -0.25) is 0 Å². The summed E-state index contributed by atoms with van der Waals surface area (Å²) in [5, 5.41) is 4.35. The molecule has 0 aliphatic rings. The molecule has 0 saturated carbocycles. The number of nitrogens with zero attached hydrogens (tertiary/aromatic N) is 3. The van der Waals surface area contributed by atoms with Crippen LogP contribution in [0.25, 0.3) is 78.0 Å². The van der Waals surface area contributed by atoms with E-state index in [9.17, 15) is 0 Å². The van der Waals surface area contributed by atoms with Crippen LogP contribution in [-0.2, 0) is 0 Å². The number of fused-ring (bicyclic) bond motifs is 4. The number of aromatic nitrogens is 3. The van der Waals surface area contributed by atoms with Crippen LogP contribution in [0.15, 0.2) is 144 Å². The molecule has 0 atom stereocenters. The molecular weight excluding hydrogens is 502 g/mol. The first-order chi connectivity index (χ1) is 20.3. The van der Waals surface area contributed by atoms with E-state index >= 15 is 0 Å². The third kappa shape index (κ3) is 4.05. The molecule has 0 unspecified atom stereocenters. The number of hydrogen-bond donors (Lipinski definition) is 0. The molecule has 8 rings (SSSR count). The molecule has 4 nitrogen and oxygen atoms in total. The molecule has 0 saturated heterocycles. The minimum absolute atomic E-state index is 0.612. The van der Waals surface area contributed by atoms with Gasteiger partial charge in [0.15, 0.2) is 17.5 Å². The fraction of sp³-hybridized carbons (Fsp3) is 0. The first-order valence-electron chi connectivity index (χ1n) is 13.6. The van der Waals surface area contributed by atoms with Crippen LogP contribution in [0, 0.1) is 0 Å². The van der Waals surface area contributed by atoms with E-state index in [1.807, 2.05) is 60.7 Å². The number of benzene rings is 6. The number of rotatable bonds is 4. The Labute approximate surface area is 236 Å². The fourth-order valence-corrected chi connectivity index (χ4v) is 5.55. The van der Waals surface area contributed by atoms with E-state index in [1.165, 1.54) is 5.39 Å². The zero-order valence-electron chi connectivity index (χ0n) is 22.0. The summed E-state index contributed by atoms with van der Waals surface area (Å²) in [6.45, 7) is 0. The predicted octanol–water partition coefficient (Wildman–Crippen LogP) is 9.59. The van der Waals surface area contributed by atoms with Crippen LogP contribution in [0.1, 0.15) is 0 Å². The van der Waals surface area contributed by atoms with Crippen LogP contribution in [0.3, 0.4) is 0 Å². The normalized spacial score (nSPS) is 11.4. The SMILES string of the molecule is c1ccc(-c2nc(-c3ccc4ccccc4c3)nc(-c3cccc4oc5c(-c6ccccc6)cccc5c34)n2)cc1. The van der Waals surface area contributed by atoms with Gasteiger partial charge in [-0.25, -0.2) is 15.0 Å².